The van der Waals surface area contributed by atoms with Crippen LogP contribution in [0.2, 0.25) is 10.0 Å². The number of hydrogen-bond acceptors (Lipinski definition) is 3. The first-order valence-electron chi connectivity index (χ1n) is 8.66. The van der Waals surface area contributed by atoms with Crippen LogP contribution >= 0.6 is 23.2 Å². The first-order valence-corrected chi connectivity index (χ1v) is 9.42. The monoisotopic (exact) mass is 419 g/mol. The zero-order valence-electron chi connectivity index (χ0n) is 15.3. The topological polar surface area (TPSA) is 78.5 Å². The van der Waals surface area contributed by atoms with E-state index in [1.807, 2.05) is 6.07 Å². The van der Waals surface area contributed by atoms with Crippen LogP contribution in [0.4, 0.5) is 4.79 Å². The van der Waals surface area contributed by atoms with Gasteiger partial charge in [-0.25, -0.2) is 4.79 Å². The second kappa shape index (κ2) is 7.81. The SMILES string of the molecule is CC(NC(=O)CN1C(=O)NC(C)(c2ccccc2)C1=O)c1ccc(Cl)cc1Cl. The minimum Gasteiger partial charge on any atom is -0.348 e. The van der Waals surface area contributed by atoms with Crippen LogP contribution < -0.4 is 10.6 Å². The molecule has 2 aromatic carbocycles. The van der Waals surface area contributed by atoms with Crippen molar-refractivity contribution < 1.29 is 14.4 Å². The first kappa shape index (κ1) is 20.2. The molecule has 2 atom stereocenters. The van der Waals surface area contributed by atoms with Crippen molar-refractivity contribution in [2.75, 3.05) is 6.54 Å². The van der Waals surface area contributed by atoms with Gasteiger partial charge < -0.3 is 10.6 Å². The average Bonchev–Trinajstić information content (AvgIpc) is 2.86. The molecule has 1 saturated heterocycles. The third-order valence-electron chi connectivity index (χ3n) is 4.73. The van der Waals surface area contributed by atoms with Gasteiger partial charge in [0.15, 0.2) is 0 Å². The molecule has 0 saturated carbocycles. The number of benzene rings is 2. The van der Waals surface area contributed by atoms with Crippen molar-refractivity contribution in [2.24, 2.45) is 0 Å². The number of amides is 4. The number of nitrogens with zero attached hydrogens (tertiary/aromatic N) is 1. The maximum atomic E-state index is 12.8. The van der Waals surface area contributed by atoms with Crippen LogP contribution in [0.5, 0.6) is 0 Å². The highest BCUT2D eigenvalue weighted by Crippen LogP contribution is 2.29. The fourth-order valence-electron chi connectivity index (χ4n) is 3.17. The highest BCUT2D eigenvalue weighted by Gasteiger charge is 2.49. The zero-order valence-corrected chi connectivity index (χ0v) is 16.8. The number of rotatable bonds is 5. The number of urea groups is 1. The Morgan fingerprint density at radius 2 is 1.86 bits per heavy atom. The van der Waals surface area contributed by atoms with E-state index in [1.165, 1.54) is 0 Å². The summed E-state index contributed by atoms with van der Waals surface area (Å²) in [5.74, 6) is -0.949. The Morgan fingerprint density at radius 3 is 2.50 bits per heavy atom. The van der Waals surface area contributed by atoms with Gasteiger partial charge in [-0.3, -0.25) is 14.5 Å². The quantitative estimate of drug-likeness (QED) is 0.726. The number of hydrogen-bond donors (Lipinski definition) is 2. The normalized spacial score (nSPS) is 20.1. The molecule has 2 N–H and O–H groups in total. The van der Waals surface area contributed by atoms with E-state index >= 15 is 0 Å². The summed E-state index contributed by atoms with van der Waals surface area (Å²) in [7, 11) is 0. The van der Waals surface area contributed by atoms with Crippen molar-refractivity contribution >= 4 is 41.0 Å². The van der Waals surface area contributed by atoms with E-state index < -0.39 is 29.4 Å². The number of imide groups is 1. The van der Waals surface area contributed by atoms with Gasteiger partial charge in [0.2, 0.25) is 5.91 Å². The summed E-state index contributed by atoms with van der Waals surface area (Å²) in [6.45, 7) is 2.99. The van der Waals surface area contributed by atoms with Crippen molar-refractivity contribution in [1.29, 1.82) is 0 Å². The third-order valence-corrected chi connectivity index (χ3v) is 5.30. The van der Waals surface area contributed by atoms with Crippen LogP contribution in [0.25, 0.3) is 0 Å². The number of carbonyl (C=O) groups excluding carboxylic acids is 3. The van der Waals surface area contributed by atoms with E-state index in [-0.39, 0.29) is 6.54 Å². The molecule has 1 heterocycles. The third kappa shape index (κ3) is 3.84. The summed E-state index contributed by atoms with van der Waals surface area (Å²) >= 11 is 12.1. The van der Waals surface area contributed by atoms with Crippen molar-refractivity contribution in [3.63, 3.8) is 0 Å². The van der Waals surface area contributed by atoms with Gasteiger partial charge in [0.1, 0.15) is 12.1 Å². The Bertz CT molecular complexity index is 936. The Kier molecular flexibility index (Phi) is 5.63. The summed E-state index contributed by atoms with van der Waals surface area (Å²) < 4.78 is 0. The van der Waals surface area contributed by atoms with E-state index in [1.54, 1.807) is 56.3 Å². The first-order chi connectivity index (χ1) is 13.2. The Hall–Kier alpha value is -2.57. The molecule has 146 valence electrons. The Labute approximate surface area is 172 Å². The predicted molar refractivity (Wildman–Crippen MR) is 107 cm³/mol. The van der Waals surface area contributed by atoms with Gasteiger partial charge in [0.05, 0.1) is 6.04 Å². The fraction of sp³-hybridized carbons (Fsp3) is 0.250. The van der Waals surface area contributed by atoms with Crippen LogP contribution in [0, 0.1) is 0 Å². The van der Waals surface area contributed by atoms with E-state index in [2.05, 4.69) is 10.6 Å². The molecule has 1 fully saturated rings. The summed E-state index contributed by atoms with van der Waals surface area (Å²) in [5, 5.41) is 6.34. The average molecular weight is 420 g/mol. The van der Waals surface area contributed by atoms with Gasteiger partial charge in [0.25, 0.3) is 5.91 Å². The fourth-order valence-corrected chi connectivity index (χ4v) is 3.74. The summed E-state index contributed by atoms with van der Waals surface area (Å²) in [4.78, 5) is 38.5. The molecular weight excluding hydrogens is 401 g/mol. The lowest BCUT2D eigenvalue weighted by Crippen LogP contribution is -2.43. The minimum atomic E-state index is -1.20. The minimum absolute atomic E-state index is 0.386. The van der Waals surface area contributed by atoms with Crippen molar-refractivity contribution in [3.8, 4) is 0 Å². The smallest absolute Gasteiger partial charge is 0.325 e. The van der Waals surface area contributed by atoms with Crippen LogP contribution in [-0.4, -0.2) is 29.3 Å². The molecule has 8 heteroatoms. The predicted octanol–water partition coefficient (Wildman–Crippen LogP) is 3.64. The Morgan fingerprint density at radius 1 is 1.18 bits per heavy atom. The second-order valence-electron chi connectivity index (χ2n) is 6.77. The maximum Gasteiger partial charge on any atom is 0.325 e. The molecule has 0 radical (unpaired) electrons. The van der Waals surface area contributed by atoms with Crippen LogP contribution in [0.1, 0.15) is 31.0 Å². The van der Waals surface area contributed by atoms with Gasteiger partial charge in [-0.15, -0.1) is 0 Å². The van der Waals surface area contributed by atoms with Crippen LogP contribution in [0.3, 0.4) is 0 Å². The standard InChI is InChI=1S/C20H19Cl2N3O3/c1-12(15-9-8-14(21)10-16(15)22)23-17(26)11-25-18(27)20(2,24-19(25)28)13-6-4-3-5-7-13/h3-10,12H,11H2,1-2H3,(H,23,26)(H,24,28). The highest BCUT2D eigenvalue weighted by atomic mass is 35.5. The van der Waals surface area contributed by atoms with Crippen molar-refractivity contribution in [2.45, 2.75) is 25.4 Å². The van der Waals surface area contributed by atoms with Crippen LogP contribution in [-0.2, 0) is 15.1 Å². The molecule has 3 rings (SSSR count). The van der Waals surface area contributed by atoms with E-state index in [9.17, 15) is 14.4 Å². The zero-order chi connectivity index (χ0) is 20.5. The summed E-state index contributed by atoms with van der Waals surface area (Å²) in [6, 6.07) is 12.9. The molecular formula is C20H19Cl2N3O3. The number of carbonyl (C=O) groups is 3. The molecule has 0 aromatic heterocycles. The summed E-state index contributed by atoms with van der Waals surface area (Å²) in [5.41, 5.74) is 0.132. The molecule has 0 spiro atoms. The second-order valence-corrected chi connectivity index (χ2v) is 7.61. The van der Waals surface area contributed by atoms with Gasteiger partial charge >= 0.3 is 6.03 Å². The molecule has 6 nitrogen and oxygen atoms in total. The Balaban J connectivity index is 1.70. The number of halogens is 2. The molecule has 0 aliphatic carbocycles. The molecule has 4 amide bonds. The van der Waals surface area contributed by atoms with Crippen molar-refractivity contribution in [3.05, 3.63) is 69.7 Å². The van der Waals surface area contributed by atoms with Gasteiger partial charge in [-0.1, -0.05) is 59.6 Å². The molecule has 2 unspecified atom stereocenters. The summed E-state index contributed by atoms with van der Waals surface area (Å²) in [6.07, 6.45) is 0. The molecule has 1 aliphatic heterocycles. The molecule has 2 aromatic rings. The molecule has 28 heavy (non-hydrogen) atoms. The largest absolute Gasteiger partial charge is 0.348 e. The molecule has 0 bridgehead atoms. The maximum absolute atomic E-state index is 12.8. The van der Waals surface area contributed by atoms with E-state index in [4.69, 9.17) is 23.2 Å². The lowest BCUT2D eigenvalue weighted by molar-refractivity contribution is -0.135. The van der Waals surface area contributed by atoms with E-state index in [0.29, 0.717) is 21.2 Å². The van der Waals surface area contributed by atoms with Gasteiger partial charge in [0, 0.05) is 10.0 Å². The van der Waals surface area contributed by atoms with Crippen molar-refractivity contribution in [1.82, 2.24) is 15.5 Å². The van der Waals surface area contributed by atoms with Gasteiger partial charge in [-0.2, -0.15) is 0 Å². The lowest BCUT2D eigenvalue weighted by Gasteiger charge is -2.22. The highest BCUT2D eigenvalue weighted by molar-refractivity contribution is 6.35. The number of nitrogens with one attached hydrogen (secondary N) is 2. The molecule has 1 aliphatic rings. The van der Waals surface area contributed by atoms with Gasteiger partial charge in [-0.05, 0) is 37.1 Å². The van der Waals surface area contributed by atoms with Crippen LogP contribution in [0.15, 0.2) is 48.5 Å². The van der Waals surface area contributed by atoms with E-state index in [0.717, 1.165) is 4.90 Å². The lowest BCUT2D eigenvalue weighted by atomic mass is 9.92.